The van der Waals surface area contributed by atoms with Crippen molar-refractivity contribution in [3.8, 4) is 5.75 Å². The van der Waals surface area contributed by atoms with E-state index >= 15 is 0 Å². The van der Waals surface area contributed by atoms with Gasteiger partial charge in [-0.05, 0) is 31.2 Å². The van der Waals surface area contributed by atoms with Crippen molar-refractivity contribution in [2.45, 2.75) is 13.5 Å². The number of benzene rings is 1. The molecule has 2 N–H and O–H groups in total. The van der Waals surface area contributed by atoms with Crippen LogP contribution in [0.15, 0.2) is 34.7 Å². The van der Waals surface area contributed by atoms with Crippen molar-refractivity contribution in [3.05, 3.63) is 57.5 Å². The van der Waals surface area contributed by atoms with Gasteiger partial charge in [0.1, 0.15) is 22.8 Å². The Bertz CT molecular complexity index is 663. The zero-order valence-corrected chi connectivity index (χ0v) is 10.6. The van der Waals surface area contributed by atoms with Crippen LogP contribution in [0, 0.1) is 17.0 Å². The molecule has 0 aliphatic carbocycles. The van der Waals surface area contributed by atoms with E-state index < -0.39 is 10.8 Å². The van der Waals surface area contributed by atoms with E-state index in [0.29, 0.717) is 11.5 Å². The molecule has 7 heteroatoms. The summed E-state index contributed by atoms with van der Waals surface area (Å²) < 4.78 is 5.27. The summed E-state index contributed by atoms with van der Waals surface area (Å²) >= 11 is 0. The van der Waals surface area contributed by atoms with E-state index in [4.69, 9.17) is 4.42 Å². The molecule has 20 heavy (non-hydrogen) atoms. The fourth-order valence-corrected chi connectivity index (χ4v) is 1.71. The Balaban J connectivity index is 2.16. The van der Waals surface area contributed by atoms with Gasteiger partial charge < -0.3 is 14.8 Å². The van der Waals surface area contributed by atoms with Gasteiger partial charge in [-0.25, -0.2) is 0 Å². The second-order valence-electron chi connectivity index (χ2n) is 4.15. The fourth-order valence-electron chi connectivity index (χ4n) is 1.71. The first kappa shape index (κ1) is 13.6. The Morgan fingerprint density at radius 3 is 2.75 bits per heavy atom. The normalized spacial score (nSPS) is 10.2. The Hall–Kier alpha value is -2.83. The van der Waals surface area contributed by atoms with Gasteiger partial charge in [0.2, 0.25) is 0 Å². The Morgan fingerprint density at radius 1 is 1.40 bits per heavy atom. The molecule has 0 unspecified atom stereocenters. The first-order valence-corrected chi connectivity index (χ1v) is 5.78. The summed E-state index contributed by atoms with van der Waals surface area (Å²) in [5, 5.41) is 22.7. The van der Waals surface area contributed by atoms with Crippen LogP contribution in [0.4, 0.5) is 5.69 Å². The third-order valence-corrected chi connectivity index (χ3v) is 2.64. The zero-order valence-electron chi connectivity index (χ0n) is 10.6. The molecule has 0 spiro atoms. The van der Waals surface area contributed by atoms with Crippen LogP contribution in [-0.4, -0.2) is 15.9 Å². The molecule has 0 saturated heterocycles. The quantitative estimate of drug-likeness (QED) is 0.657. The van der Waals surface area contributed by atoms with E-state index in [1.165, 1.54) is 0 Å². The molecule has 0 bridgehead atoms. The number of rotatable bonds is 4. The van der Waals surface area contributed by atoms with Crippen molar-refractivity contribution < 1.29 is 19.2 Å². The van der Waals surface area contributed by atoms with E-state index in [-0.39, 0.29) is 23.5 Å². The molecule has 0 aliphatic rings. The minimum atomic E-state index is -0.675. The van der Waals surface area contributed by atoms with Crippen LogP contribution in [0.3, 0.4) is 0 Å². The molecule has 2 rings (SSSR count). The number of aromatic hydroxyl groups is 1. The molecule has 7 nitrogen and oxygen atoms in total. The lowest BCUT2D eigenvalue weighted by Gasteiger charge is -2.05. The smallest absolute Gasteiger partial charge is 0.282 e. The van der Waals surface area contributed by atoms with Gasteiger partial charge in [-0.1, -0.05) is 0 Å². The van der Waals surface area contributed by atoms with Crippen LogP contribution < -0.4 is 5.32 Å². The van der Waals surface area contributed by atoms with Crippen molar-refractivity contribution in [2.24, 2.45) is 0 Å². The summed E-state index contributed by atoms with van der Waals surface area (Å²) in [7, 11) is 0. The zero-order chi connectivity index (χ0) is 14.7. The molecule has 2 aromatic rings. The molecule has 104 valence electrons. The van der Waals surface area contributed by atoms with Crippen LogP contribution >= 0.6 is 0 Å². The molecular formula is C13H12N2O5. The van der Waals surface area contributed by atoms with E-state index in [1.54, 1.807) is 19.1 Å². The van der Waals surface area contributed by atoms with Crippen molar-refractivity contribution in [2.75, 3.05) is 0 Å². The van der Waals surface area contributed by atoms with Crippen LogP contribution in [-0.2, 0) is 6.54 Å². The van der Waals surface area contributed by atoms with Gasteiger partial charge in [0.25, 0.3) is 11.6 Å². The topological polar surface area (TPSA) is 106 Å². The molecule has 1 aromatic carbocycles. The average Bonchev–Trinajstić information content (AvgIpc) is 2.81. The first-order chi connectivity index (χ1) is 9.47. The Kier molecular flexibility index (Phi) is 3.69. The number of carbonyl (C=O) groups is 1. The Labute approximate surface area is 114 Å². The molecule has 0 saturated carbocycles. The van der Waals surface area contributed by atoms with Crippen molar-refractivity contribution >= 4 is 11.6 Å². The summed E-state index contributed by atoms with van der Waals surface area (Å²) in [6.45, 7) is 1.88. The number of amides is 1. The highest BCUT2D eigenvalue weighted by Crippen LogP contribution is 2.23. The van der Waals surface area contributed by atoms with Gasteiger partial charge in [0.05, 0.1) is 11.5 Å². The molecule has 1 aromatic heterocycles. The molecule has 0 fully saturated rings. The van der Waals surface area contributed by atoms with Gasteiger partial charge >= 0.3 is 0 Å². The average molecular weight is 276 g/mol. The summed E-state index contributed by atoms with van der Waals surface area (Å²) in [6.07, 6.45) is 0. The number of carbonyl (C=O) groups excluding carboxylic acids is 1. The number of nitro benzene ring substituents is 1. The van der Waals surface area contributed by atoms with Crippen LogP contribution in [0.5, 0.6) is 5.75 Å². The highest BCUT2D eigenvalue weighted by atomic mass is 16.6. The van der Waals surface area contributed by atoms with Crippen LogP contribution in [0.25, 0.3) is 0 Å². The van der Waals surface area contributed by atoms with E-state index in [9.17, 15) is 20.0 Å². The lowest BCUT2D eigenvalue weighted by molar-refractivity contribution is -0.385. The van der Waals surface area contributed by atoms with Crippen LogP contribution in [0.1, 0.15) is 21.9 Å². The van der Waals surface area contributed by atoms with Crippen LogP contribution in [0.2, 0.25) is 0 Å². The third-order valence-electron chi connectivity index (χ3n) is 2.64. The lowest BCUT2D eigenvalue weighted by Crippen LogP contribution is -2.23. The number of nitrogens with zero attached hydrogens (tertiary/aromatic N) is 1. The summed E-state index contributed by atoms with van der Waals surface area (Å²) in [5.41, 5.74) is -0.561. The Morgan fingerprint density at radius 2 is 2.15 bits per heavy atom. The number of aryl methyl sites for hydroxylation is 1. The predicted molar refractivity (Wildman–Crippen MR) is 69.4 cm³/mol. The number of nitrogens with one attached hydrogen (secondary N) is 1. The summed E-state index contributed by atoms with van der Waals surface area (Å²) in [6, 6.07) is 6.75. The highest BCUT2D eigenvalue weighted by Gasteiger charge is 2.20. The minimum absolute atomic E-state index is 0.111. The van der Waals surface area contributed by atoms with Gasteiger partial charge in [0, 0.05) is 6.07 Å². The van der Waals surface area contributed by atoms with Crippen molar-refractivity contribution in [1.29, 1.82) is 0 Å². The fraction of sp³-hybridized carbons (Fsp3) is 0.154. The number of nitro groups is 1. The number of hydrogen-bond acceptors (Lipinski definition) is 5. The van der Waals surface area contributed by atoms with Gasteiger partial charge in [-0.3, -0.25) is 14.9 Å². The second kappa shape index (κ2) is 5.43. The maximum absolute atomic E-state index is 11.9. The minimum Gasteiger partial charge on any atom is -0.508 e. The van der Waals surface area contributed by atoms with E-state index in [0.717, 1.165) is 18.2 Å². The molecular weight excluding hydrogens is 264 g/mol. The number of hydrogen-bond donors (Lipinski definition) is 2. The highest BCUT2D eigenvalue weighted by molar-refractivity contribution is 5.98. The third kappa shape index (κ3) is 2.94. The second-order valence-corrected chi connectivity index (χ2v) is 4.15. The van der Waals surface area contributed by atoms with E-state index in [1.807, 2.05) is 0 Å². The van der Waals surface area contributed by atoms with E-state index in [2.05, 4.69) is 5.32 Å². The van der Waals surface area contributed by atoms with Gasteiger partial charge in [-0.15, -0.1) is 0 Å². The van der Waals surface area contributed by atoms with Gasteiger partial charge in [0.15, 0.2) is 0 Å². The standard InChI is InChI=1S/C13H12N2O5/c1-8-2-4-10(20-8)7-14-13(17)11-6-9(16)3-5-12(11)15(18)19/h2-6,16H,7H2,1H3,(H,14,17). The monoisotopic (exact) mass is 276 g/mol. The maximum atomic E-state index is 11.9. The predicted octanol–water partition coefficient (Wildman–Crippen LogP) is 2.13. The maximum Gasteiger partial charge on any atom is 0.282 e. The molecule has 0 aliphatic heterocycles. The first-order valence-electron chi connectivity index (χ1n) is 5.78. The number of furan rings is 1. The number of phenolic OH excluding ortho intramolecular Hbond substituents is 1. The number of phenols is 1. The summed E-state index contributed by atoms with van der Waals surface area (Å²) in [4.78, 5) is 22.1. The van der Waals surface area contributed by atoms with Gasteiger partial charge in [-0.2, -0.15) is 0 Å². The summed E-state index contributed by atoms with van der Waals surface area (Å²) in [5.74, 6) is 0.382. The van der Waals surface area contributed by atoms with Crippen molar-refractivity contribution in [1.82, 2.24) is 5.32 Å². The molecule has 1 amide bonds. The SMILES string of the molecule is Cc1ccc(CNC(=O)c2cc(O)ccc2[N+](=O)[O-])o1. The molecule has 0 atom stereocenters. The lowest BCUT2D eigenvalue weighted by atomic mass is 10.1. The molecule has 1 heterocycles. The van der Waals surface area contributed by atoms with Crippen molar-refractivity contribution in [3.63, 3.8) is 0 Å². The molecule has 0 radical (unpaired) electrons. The largest absolute Gasteiger partial charge is 0.508 e.